The van der Waals surface area contributed by atoms with Gasteiger partial charge in [-0.15, -0.1) is 0 Å². The maximum Gasteiger partial charge on any atom is 0.338 e. The first-order chi connectivity index (χ1) is 15.1. The van der Waals surface area contributed by atoms with E-state index in [4.69, 9.17) is 18.9 Å². The fraction of sp³-hybridized carbons (Fsp3) is 0.458. The third-order valence-electron chi connectivity index (χ3n) is 5.52. The van der Waals surface area contributed by atoms with Gasteiger partial charge in [0.05, 0.1) is 33.5 Å². The summed E-state index contributed by atoms with van der Waals surface area (Å²) in [5.41, 5.74) is 2.88. The number of esters is 1. The summed E-state index contributed by atoms with van der Waals surface area (Å²) in [6, 6.07) is 11.7. The number of hydrogen-bond donors (Lipinski definition) is 0. The van der Waals surface area contributed by atoms with Gasteiger partial charge in [-0.05, 0) is 30.7 Å². The average molecular weight is 429 g/mol. The second-order valence-electron chi connectivity index (χ2n) is 7.46. The molecule has 0 aliphatic carbocycles. The molecule has 0 aromatic heterocycles. The zero-order valence-electron chi connectivity index (χ0n) is 18.8. The highest BCUT2D eigenvalue weighted by Gasteiger charge is 2.21. The van der Waals surface area contributed by atoms with Gasteiger partial charge >= 0.3 is 5.97 Å². The van der Waals surface area contributed by atoms with Crippen molar-refractivity contribution in [3.05, 3.63) is 53.1 Å². The zero-order chi connectivity index (χ0) is 22.2. The summed E-state index contributed by atoms with van der Waals surface area (Å²) in [5.74, 6) is 1.76. The van der Waals surface area contributed by atoms with Crippen molar-refractivity contribution in [3.63, 3.8) is 0 Å². The number of methoxy groups -OCH3 is 3. The van der Waals surface area contributed by atoms with Crippen LogP contribution in [0.25, 0.3) is 0 Å². The Morgan fingerprint density at radius 1 is 0.806 bits per heavy atom. The second kappa shape index (κ2) is 11.0. The Hall–Kier alpha value is -2.77. The van der Waals surface area contributed by atoms with Gasteiger partial charge in [-0.1, -0.05) is 18.2 Å². The minimum atomic E-state index is -0.270. The smallest absolute Gasteiger partial charge is 0.338 e. The van der Waals surface area contributed by atoms with E-state index in [1.807, 2.05) is 43.3 Å². The molecule has 1 heterocycles. The van der Waals surface area contributed by atoms with Crippen LogP contribution in [0.5, 0.6) is 17.2 Å². The first kappa shape index (κ1) is 22.9. The molecule has 1 saturated heterocycles. The Balaban J connectivity index is 1.55. The monoisotopic (exact) mass is 428 g/mol. The SMILES string of the molecule is CCOC(=O)c1ccc(CN2CCN(Cc3ccc(OC)c(OC)c3OC)CC2)cc1. The lowest BCUT2D eigenvalue weighted by atomic mass is 10.1. The van der Waals surface area contributed by atoms with Crippen LogP contribution >= 0.6 is 0 Å². The van der Waals surface area contributed by atoms with E-state index >= 15 is 0 Å². The Morgan fingerprint density at radius 2 is 1.42 bits per heavy atom. The van der Waals surface area contributed by atoms with Crippen LogP contribution in [-0.4, -0.2) is 69.9 Å². The molecular formula is C24H32N2O5. The van der Waals surface area contributed by atoms with E-state index < -0.39 is 0 Å². The first-order valence-corrected chi connectivity index (χ1v) is 10.6. The van der Waals surface area contributed by atoms with Crippen LogP contribution in [0.2, 0.25) is 0 Å². The van der Waals surface area contributed by atoms with Crippen LogP contribution in [0.3, 0.4) is 0 Å². The summed E-state index contributed by atoms with van der Waals surface area (Å²) in [6.07, 6.45) is 0. The Morgan fingerprint density at radius 3 is 1.97 bits per heavy atom. The van der Waals surface area contributed by atoms with Gasteiger partial charge in [-0.2, -0.15) is 0 Å². The number of hydrogen-bond acceptors (Lipinski definition) is 7. The van der Waals surface area contributed by atoms with Gasteiger partial charge < -0.3 is 18.9 Å². The molecule has 0 atom stereocenters. The highest BCUT2D eigenvalue weighted by Crippen LogP contribution is 2.40. The molecule has 0 bridgehead atoms. The molecule has 2 aromatic carbocycles. The highest BCUT2D eigenvalue weighted by molar-refractivity contribution is 5.89. The predicted octanol–water partition coefficient (Wildman–Crippen LogP) is 3.21. The molecule has 1 aliphatic heterocycles. The van der Waals surface area contributed by atoms with Crippen molar-refractivity contribution in [1.82, 2.24) is 9.80 Å². The molecule has 0 radical (unpaired) electrons. The van der Waals surface area contributed by atoms with Crippen LogP contribution in [-0.2, 0) is 17.8 Å². The number of nitrogens with zero attached hydrogens (tertiary/aromatic N) is 2. The van der Waals surface area contributed by atoms with Crippen LogP contribution in [0.1, 0.15) is 28.4 Å². The van der Waals surface area contributed by atoms with E-state index in [0.717, 1.165) is 50.6 Å². The molecule has 31 heavy (non-hydrogen) atoms. The number of carbonyl (C=O) groups excluding carboxylic acids is 1. The lowest BCUT2D eigenvalue weighted by Crippen LogP contribution is -2.45. The molecule has 7 nitrogen and oxygen atoms in total. The summed E-state index contributed by atoms with van der Waals surface area (Å²) < 4.78 is 21.5. The number of ether oxygens (including phenoxy) is 4. The fourth-order valence-electron chi connectivity index (χ4n) is 3.85. The molecule has 0 spiro atoms. The summed E-state index contributed by atoms with van der Waals surface area (Å²) >= 11 is 0. The molecule has 0 saturated carbocycles. The van der Waals surface area contributed by atoms with Gasteiger partial charge in [0.2, 0.25) is 5.75 Å². The number of rotatable bonds is 9. The zero-order valence-corrected chi connectivity index (χ0v) is 18.8. The molecule has 0 unspecified atom stereocenters. The van der Waals surface area contributed by atoms with Crippen molar-refractivity contribution in [2.75, 3.05) is 54.1 Å². The quantitative estimate of drug-likeness (QED) is 0.569. The van der Waals surface area contributed by atoms with E-state index in [0.29, 0.717) is 23.7 Å². The van der Waals surface area contributed by atoms with E-state index in [1.165, 1.54) is 5.56 Å². The average Bonchev–Trinajstić information content (AvgIpc) is 2.80. The van der Waals surface area contributed by atoms with Crippen molar-refractivity contribution < 1.29 is 23.7 Å². The van der Waals surface area contributed by atoms with E-state index in [9.17, 15) is 4.79 Å². The number of piperazine rings is 1. The van der Waals surface area contributed by atoms with Crippen LogP contribution in [0, 0.1) is 0 Å². The maximum atomic E-state index is 11.8. The topological polar surface area (TPSA) is 60.5 Å². The lowest BCUT2D eigenvalue weighted by molar-refractivity contribution is 0.0526. The molecule has 7 heteroatoms. The minimum absolute atomic E-state index is 0.270. The van der Waals surface area contributed by atoms with Crippen molar-refractivity contribution in [1.29, 1.82) is 0 Å². The van der Waals surface area contributed by atoms with Gasteiger partial charge in [0, 0.05) is 44.8 Å². The van der Waals surface area contributed by atoms with Crippen LogP contribution in [0.4, 0.5) is 0 Å². The summed E-state index contributed by atoms with van der Waals surface area (Å²) in [4.78, 5) is 16.6. The molecule has 3 rings (SSSR count). The van der Waals surface area contributed by atoms with Crippen LogP contribution in [0.15, 0.2) is 36.4 Å². The molecule has 2 aromatic rings. The third kappa shape index (κ3) is 5.68. The van der Waals surface area contributed by atoms with Gasteiger partial charge in [0.25, 0.3) is 0 Å². The molecular weight excluding hydrogens is 396 g/mol. The van der Waals surface area contributed by atoms with Crippen molar-refractivity contribution in [3.8, 4) is 17.2 Å². The summed E-state index contributed by atoms with van der Waals surface area (Å²) in [7, 11) is 4.91. The fourth-order valence-corrected chi connectivity index (χ4v) is 3.85. The maximum absolute atomic E-state index is 11.8. The molecule has 168 valence electrons. The standard InChI is InChI=1S/C24H32N2O5/c1-5-31-24(27)19-8-6-18(7-9-19)16-25-12-14-26(15-13-25)17-20-10-11-21(28-2)23(30-4)22(20)29-3/h6-11H,5,12-17H2,1-4H3. The lowest BCUT2D eigenvalue weighted by Gasteiger charge is -2.35. The largest absolute Gasteiger partial charge is 0.493 e. The van der Waals surface area contributed by atoms with E-state index in [1.54, 1.807) is 21.3 Å². The predicted molar refractivity (Wildman–Crippen MR) is 119 cm³/mol. The summed E-state index contributed by atoms with van der Waals surface area (Å²) in [5, 5.41) is 0. The van der Waals surface area contributed by atoms with Gasteiger partial charge in [-0.3, -0.25) is 9.80 Å². The number of benzene rings is 2. The van der Waals surface area contributed by atoms with Gasteiger partial charge in [0.1, 0.15) is 0 Å². The molecule has 0 N–H and O–H groups in total. The normalized spacial score (nSPS) is 14.8. The Kier molecular flexibility index (Phi) is 8.14. The molecule has 1 aliphatic rings. The minimum Gasteiger partial charge on any atom is -0.493 e. The number of carbonyl (C=O) groups is 1. The highest BCUT2D eigenvalue weighted by atomic mass is 16.5. The Bertz CT molecular complexity index is 861. The van der Waals surface area contributed by atoms with E-state index in [2.05, 4.69) is 9.80 Å². The van der Waals surface area contributed by atoms with Gasteiger partial charge in [0.15, 0.2) is 11.5 Å². The van der Waals surface area contributed by atoms with Crippen molar-refractivity contribution in [2.45, 2.75) is 20.0 Å². The van der Waals surface area contributed by atoms with E-state index in [-0.39, 0.29) is 5.97 Å². The van der Waals surface area contributed by atoms with Gasteiger partial charge in [-0.25, -0.2) is 4.79 Å². The molecule has 1 fully saturated rings. The van der Waals surface area contributed by atoms with Crippen LogP contribution < -0.4 is 14.2 Å². The first-order valence-electron chi connectivity index (χ1n) is 10.6. The second-order valence-corrected chi connectivity index (χ2v) is 7.46. The molecule has 0 amide bonds. The van der Waals surface area contributed by atoms with Crippen molar-refractivity contribution >= 4 is 5.97 Å². The van der Waals surface area contributed by atoms with Crippen molar-refractivity contribution in [2.24, 2.45) is 0 Å². The third-order valence-corrected chi connectivity index (χ3v) is 5.52. The Labute approximate surface area is 184 Å². The summed E-state index contributed by atoms with van der Waals surface area (Å²) in [6.45, 7) is 7.77.